The van der Waals surface area contributed by atoms with Crippen LogP contribution in [-0.4, -0.2) is 50.1 Å². The van der Waals surface area contributed by atoms with Gasteiger partial charge in [-0.05, 0) is 5.53 Å². The smallest absolute Gasteiger partial charge is 0.407 e. The van der Waals surface area contributed by atoms with Gasteiger partial charge in [0.1, 0.15) is 0 Å². The molecule has 0 aromatic rings. The fourth-order valence-electron chi connectivity index (χ4n) is 0.762. The molecule has 0 bridgehead atoms. The number of rotatable bonds is 9. The molecule has 0 aromatic carbocycles. The van der Waals surface area contributed by atoms with Crippen LogP contribution in [0.1, 0.15) is 6.42 Å². The van der Waals surface area contributed by atoms with Crippen LogP contribution in [0.3, 0.4) is 0 Å². The third kappa shape index (κ3) is 11.9. The molecule has 1 amide bonds. The largest absolute Gasteiger partial charge is 0.481 e. The van der Waals surface area contributed by atoms with Crippen molar-refractivity contribution >= 4 is 12.1 Å². The number of nitrogens with one attached hydrogen (secondary N) is 1. The average molecular weight is 246 g/mol. The average Bonchev–Trinajstić information content (AvgIpc) is 2.29. The predicted octanol–water partition coefficient (Wildman–Crippen LogP) is 0.514. The number of azide groups is 1. The van der Waals surface area contributed by atoms with Crippen molar-refractivity contribution in [1.82, 2.24) is 5.32 Å². The fourth-order valence-corrected chi connectivity index (χ4v) is 0.762. The van der Waals surface area contributed by atoms with Crippen LogP contribution in [0.4, 0.5) is 4.79 Å². The lowest BCUT2D eigenvalue weighted by atomic mass is 10.5. The van der Waals surface area contributed by atoms with Gasteiger partial charge in [-0.25, -0.2) is 4.79 Å². The molecule has 17 heavy (non-hydrogen) atoms. The standard InChI is InChI=1S/C8H14N4O5/c9-12-11-3-6-17-8(15)10-2-5-16-4-1-7(13)14/h1-6H2,(H,10,15)(H,13,14). The molecule has 0 unspecified atom stereocenters. The van der Waals surface area contributed by atoms with Gasteiger partial charge in [0.2, 0.25) is 0 Å². The summed E-state index contributed by atoms with van der Waals surface area (Å²) < 4.78 is 9.54. The van der Waals surface area contributed by atoms with E-state index in [1.807, 2.05) is 0 Å². The van der Waals surface area contributed by atoms with Crippen LogP contribution in [-0.2, 0) is 14.3 Å². The molecule has 0 aliphatic carbocycles. The van der Waals surface area contributed by atoms with E-state index in [2.05, 4.69) is 20.1 Å². The molecule has 9 heteroatoms. The van der Waals surface area contributed by atoms with Crippen LogP contribution in [0.2, 0.25) is 0 Å². The van der Waals surface area contributed by atoms with Gasteiger partial charge in [0.25, 0.3) is 0 Å². The number of aliphatic carboxylic acids is 1. The van der Waals surface area contributed by atoms with E-state index in [1.54, 1.807) is 0 Å². The van der Waals surface area contributed by atoms with Gasteiger partial charge in [0.15, 0.2) is 0 Å². The third-order valence-electron chi connectivity index (χ3n) is 1.46. The van der Waals surface area contributed by atoms with Crippen molar-refractivity contribution in [2.24, 2.45) is 5.11 Å². The molecule has 9 nitrogen and oxygen atoms in total. The highest BCUT2D eigenvalue weighted by atomic mass is 16.5. The summed E-state index contributed by atoms with van der Waals surface area (Å²) in [6.45, 7) is 0.621. The van der Waals surface area contributed by atoms with Crippen molar-refractivity contribution in [3.05, 3.63) is 10.4 Å². The topological polar surface area (TPSA) is 134 Å². The number of ether oxygens (including phenoxy) is 2. The Balaban J connectivity index is 3.27. The summed E-state index contributed by atoms with van der Waals surface area (Å²) in [4.78, 5) is 23.5. The summed E-state index contributed by atoms with van der Waals surface area (Å²) in [5.74, 6) is -0.935. The Morgan fingerprint density at radius 3 is 2.76 bits per heavy atom. The Morgan fingerprint density at radius 2 is 2.12 bits per heavy atom. The first-order valence-corrected chi connectivity index (χ1v) is 4.88. The molecule has 0 rings (SSSR count). The van der Waals surface area contributed by atoms with E-state index in [0.29, 0.717) is 0 Å². The van der Waals surface area contributed by atoms with E-state index in [4.69, 9.17) is 15.4 Å². The molecule has 0 atom stereocenters. The van der Waals surface area contributed by atoms with Crippen LogP contribution in [0, 0.1) is 0 Å². The fraction of sp³-hybridized carbons (Fsp3) is 0.750. The number of alkyl carbamates (subject to hydrolysis) is 1. The maximum absolute atomic E-state index is 10.9. The van der Waals surface area contributed by atoms with E-state index in [0.717, 1.165) is 0 Å². The molecule has 96 valence electrons. The number of carbonyl (C=O) groups excluding carboxylic acids is 1. The first-order valence-electron chi connectivity index (χ1n) is 4.88. The monoisotopic (exact) mass is 246 g/mol. The van der Waals surface area contributed by atoms with Gasteiger partial charge in [-0.1, -0.05) is 5.11 Å². The molecule has 2 N–H and O–H groups in total. The lowest BCUT2D eigenvalue weighted by molar-refractivity contribution is -0.138. The minimum Gasteiger partial charge on any atom is -0.481 e. The van der Waals surface area contributed by atoms with E-state index >= 15 is 0 Å². The summed E-state index contributed by atoms with van der Waals surface area (Å²) in [6.07, 6.45) is -0.712. The number of carbonyl (C=O) groups is 2. The molecule has 0 saturated carbocycles. The second kappa shape index (κ2) is 10.5. The summed E-state index contributed by atoms with van der Waals surface area (Å²) in [5.41, 5.74) is 7.94. The SMILES string of the molecule is [N-]=[N+]=NCCOC(=O)NCCOCCC(=O)O. The second-order valence-corrected chi connectivity index (χ2v) is 2.77. The second-order valence-electron chi connectivity index (χ2n) is 2.77. The zero-order valence-corrected chi connectivity index (χ0v) is 9.16. The van der Waals surface area contributed by atoms with Crippen LogP contribution in [0.15, 0.2) is 5.11 Å². The van der Waals surface area contributed by atoms with E-state index in [-0.39, 0.29) is 39.3 Å². The van der Waals surface area contributed by atoms with Crippen molar-refractivity contribution in [2.45, 2.75) is 6.42 Å². The summed E-state index contributed by atoms with van der Waals surface area (Å²) in [5, 5.41) is 13.9. The van der Waals surface area contributed by atoms with Gasteiger partial charge in [-0.15, -0.1) is 0 Å². The van der Waals surface area contributed by atoms with Crippen LogP contribution < -0.4 is 5.32 Å². The van der Waals surface area contributed by atoms with Crippen LogP contribution >= 0.6 is 0 Å². The molecule has 0 spiro atoms. The van der Waals surface area contributed by atoms with Crippen molar-refractivity contribution in [2.75, 3.05) is 32.9 Å². The maximum Gasteiger partial charge on any atom is 0.407 e. The molecule has 0 saturated heterocycles. The summed E-state index contributed by atoms with van der Waals surface area (Å²) in [7, 11) is 0. The zero-order valence-electron chi connectivity index (χ0n) is 9.16. The van der Waals surface area contributed by atoms with E-state index < -0.39 is 12.1 Å². The third-order valence-corrected chi connectivity index (χ3v) is 1.46. The number of carboxylic acid groups (broad SMARTS) is 1. The number of nitrogens with zero attached hydrogens (tertiary/aromatic N) is 3. The lowest BCUT2D eigenvalue weighted by Gasteiger charge is -2.05. The molecule has 0 aliphatic rings. The van der Waals surface area contributed by atoms with E-state index in [1.165, 1.54) is 0 Å². The van der Waals surface area contributed by atoms with Gasteiger partial charge < -0.3 is 19.9 Å². The molecular weight excluding hydrogens is 232 g/mol. The predicted molar refractivity (Wildman–Crippen MR) is 56.4 cm³/mol. The Hall–Kier alpha value is -1.99. The lowest BCUT2D eigenvalue weighted by Crippen LogP contribution is -2.28. The molecule has 0 fully saturated rings. The van der Waals surface area contributed by atoms with Crippen molar-refractivity contribution in [3.8, 4) is 0 Å². The summed E-state index contributed by atoms with van der Waals surface area (Å²) >= 11 is 0. The van der Waals surface area contributed by atoms with Gasteiger partial charge in [0.05, 0.1) is 32.8 Å². The van der Waals surface area contributed by atoms with E-state index in [9.17, 15) is 9.59 Å². The van der Waals surface area contributed by atoms with Crippen LogP contribution in [0.25, 0.3) is 10.4 Å². The Labute approximate surface area is 97.3 Å². The van der Waals surface area contributed by atoms with Gasteiger partial charge in [-0.2, -0.15) is 0 Å². The Bertz CT molecular complexity index is 290. The van der Waals surface area contributed by atoms with Crippen molar-refractivity contribution in [1.29, 1.82) is 0 Å². The van der Waals surface area contributed by atoms with Gasteiger partial charge in [-0.3, -0.25) is 4.79 Å². The Kier molecular flexibility index (Phi) is 9.29. The minimum atomic E-state index is -0.935. The maximum atomic E-state index is 10.9. The minimum absolute atomic E-state index is 0.00969. The van der Waals surface area contributed by atoms with Crippen molar-refractivity contribution in [3.63, 3.8) is 0 Å². The quantitative estimate of drug-likeness (QED) is 0.264. The van der Waals surface area contributed by atoms with Gasteiger partial charge >= 0.3 is 12.1 Å². The molecule has 0 aliphatic heterocycles. The number of amides is 1. The molecular formula is C8H14N4O5. The van der Waals surface area contributed by atoms with Crippen LogP contribution in [0.5, 0.6) is 0 Å². The zero-order chi connectivity index (χ0) is 12.9. The number of hydrogen-bond donors (Lipinski definition) is 2. The van der Waals surface area contributed by atoms with Gasteiger partial charge in [0, 0.05) is 11.5 Å². The normalized spacial score (nSPS) is 9.18. The van der Waals surface area contributed by atoms with Crippen molar-refractivity contribution < 1.29 is 24.2 Å². The molecule has 0 aromatic heterocycles. The highest BCUT2D eigenvalue weighted by Crippen LogP contribution is 1.83. The first-order chi connectivity index (χ1) is 8.16. The molecule has 0 radical (unpaired) electrons. The first kappa shape index (κ1) is 15.0. The molecule has 0 heterocycles. The summed E-state index contributed by atoms with van der Waals surface area (Å²) in [6, 6.07) is 0. The number of carboxylic acids is 1. The Morgan fingerprint density at radius 1 is 1.35 bits per heavy atom. The highest BCUT2D eigenvalue weighted by Gasteiger charge is 2.00. The highest BCUT2D eigenvalue weighted by molar-refractivity contribution is 5.67. The number of hydrogen-bond acceptors (Lipinski definition) is 5.